The molecule has 0 aliphatic rings. The van der Waals surface area contributed by atoms with Crippen LogP contribution in [0, 0.1) is 0 Å². The van der Waals surface area contributed by atoms with Crippen molar-refractivity contribution in [2.24, 2.45) is 0 Å². The number of hydrogen-bond acceptors (Lipinski definition) is 4. The van der Waals surface area contributed by atoms with Gasteiger partial charge in [-0.05, 0) is 29.5 Å². The van der Waals surface area contributed by atoms with E-state index in [2.05, 4.69) is 5.32 Å². The molecule has 21 heavy (non-hydrogen) atoms. The summed E-state index contributed by atoms with van der Waals surface area (Å²) in [6, 6.07) is 6.55. The van der Waals surface area contributed by atoms with Gasteiger partial charge in [0, 0.05) is 11.4 Å². The zero-order valence-corrected chi connectivity index (χ0v) is 12.3. The first kappa shape index (κ1) is 17.7. The number of carbonyl (C=O) groups is 2. The largest absolute Gasteiger partial charge is 0.481 e. The van der Waals surface area contributed by atoms with Gasteiger partial charge in [0.05, 0.1) is 11.5 Å². The molecule has 0 bridgehead atoms. The highest BCUT2D eigenvalue weighted by atomic mass is 32.2. The SMILES string of the molecule is O=C(O)CSCc1cccc(NC(=O)CSC(F)(F)F)c1. The molecule has 0 saturated heterocycles. The Morgan fingerprint density at radius 3 is 2.57 bits per heavy atom. The van der Waals surface area contributed by atoms with Gasteiger partial charge in [-0.15, -0.1) is 11.8 Å². The van der Waals surface area contributed by atoms with Crippen LogP contribution in [-0.2, 0) is 15.3 Å². The van der Waals surface area contributed by atoms with Gasteiger partial charge in [0.1, 0.15) is 0 Å². The lowest BCUT2D eigenvalue weighted by Gasteiger charge is -2.08. The number of hydrogen-bond donors (Lipinski definition) is 2. The predicted molar refractivity (Wildman–Crippen MR) is 77.4 cm³/mol. The Bertz CT molecular complexity index is 509. The van der Waals surface area contributed by atoms with Crippen molar-refractivity contribution < 1.29 is 27.9 Å². The van der Waals surface area contributed by atoms with Crippen LogP contribution >= 0.6 is 23.5 Å². The van der Waals surface area contributed by atoms with E-state index in [1.54, 1.807) is 24.3 Å². The number of amides is 1. The summed E-state index contributed by atoms with van der Waals surface area (Å²) in [5.41, 5.74) is -3.27. The molecule has 0 aromatic heterocycles. The lowest BCUT2D eigenvalue weighted by atomic mass is 10.2. The third-order valence-electron chi connectivity index (χ3n) is 2.07. The molecule has 1 aromatic carbocycles. The molecule has 0 radical (unpaired) electrons. The molecule has 0 saturated carbocycles. The van der Waals surface area contributed by atoms with E-state index in [1.165, 1.54) is 11.8 Å². The highest BCUT2D eigenvalue weighted by molar-refractivity contribution is 8.00. The van der Waals surface area contributed by atoms with Crippen LogP contribution in [0.2, 0.25) is 0 Å². The number of anilines is 1. The van der Waals surface area contributed by atoms with E-state index in [0.29, 0.717) is 11.4 Å². The van der Waals surface area contributed by atoms with Crippen molar-refractivity contribution in [2.75, 3.05) is 16.8 Å². The summed E-state index contributed by atoms with van der Waals surface area (Å²) in [7, 11) is 0. The van der Waals surface area contributed by atoms with E-state index in [-0.39, 0.29) is 5.75 Å². The Kier molecular flexibility index (Phi) is 6.90. The van der Waals surface area contributed by atoms with Crippen LogP contribution in [0.25, 0.3) is 0 Å². The first-order valence-electron chi connectivity index (χ1n) is 5.65. The Hall–Kier alpha value is -1.35. The van der Waals surface area contributed by atoms with E-state index in [0.717, 1.165) is 5.56 Å². The highest BCUT2D eigenvalue weighted by Gasteiger charge is 2.29. The van der Waals surface area contributed by atoms with Crippen molar-refractivity contribution >= 4 is 41.1 Å². The molecule has 4 nitrogen and oxygen atoms in total. The normalized spacial score (nSPS) is 11.2. The van der Waals surface area contributed by atoms with Gasteiger partial charge in [-0.3, -0.25) is 9.59 Å². The van der Waals surface area contributed by atoms with Gasteiger partial charge in [-0.1, -0.05) is 12.1 Å². The fourth-order valence-corrected chi connectivity index (χ4v) is 2.40. The predicted octanol–water partition coefficient (Wildman–Crippen LogP) is 3.20. The van der Waals surface area contributed by atoms with Crippen LogP contribution in [-0.4, -0.2) is 34.0 Å². The summed E-state index contributed by atoms with van der Waals surface area (Å²) in [4.78, 5) is 21.7. The summed E-state index contributed by atoms with van der Waals surface area (Å²) in [5.74, 6) is -1.98. The second-order valence-corrected chi connectivity index (χ2v) is 5.90. The van der Waals surface area contributed by atoms with Gasteiger partial charge in [-0.25, -0.2) is 0 Å². The fraction of sp³-hybridized carbons (Fsp3) is 0.333. The van der Waals surface area contributed by atoms with Crippen LogP contribution < -0.4 is 5.32 Å². The molecular formula is C12H12F3NO3S2. The van der Waals surface area contributed by atoms with Gasteiger partial charge < -0.3 is 10.4 Å². The number of aliphatic carboxylic acids is 1. The maximum absolute atomic E-state index is 12.0. The van der Waals surface area contributed by atoms with E-state index in [4.69, 9.17) is 5.11 Å². The number of carboxylic acids is 1. The number of halogens is 3. The average molecular weight is 339 g/mol. The second kappa shape index (κ2) is 8.18. The minimum atomic E-state index is -4.44. The van der Waals surface area contributed by atoms with Crippen molar-refractivity contribution in [1.29, 1.82) is 0 Å². The molecule has 0 unspecified atom stereocenters. The summed E-state index contributed by atoms with van der Waals surface area (Å²) in [6.45, 7) is 0. The summed E-state index contributed by atoms with van der Waals surface area (Å²) in [6.07, 6.45) is 0. The van der Waals surface area contributed by atoms with Crippen molar-refractivity contribution in [3.8, 4) is 0 Å². The molecule has 0 heterocycles. The maximum atomic E-state index is 12.0. The lowest BCUT2D eigenvalue weighted by molar-refractivity contribution is -0.133. The van der Waals surface area contributed by atoms with Crippen LogP contribution in [0.15, 0.2) is 24.3 Å². The van der Waals surface area contributed by atoms with E-state index in [1.807, 2.05) is 0 Å². The Morgan fingerprint density at radius 2 is 1.95 bits per heavy atom. The fourth-order valence-electron chi connectivity index (χ4n) is 1.34. The van der Waals surface area contributed by atoms with Crippen molar-refractivity contribution in [2.45, 2.75) is 11.3 Å². The molecule has 0 atom stereocenters. The Labute approximate surface area is 127 Å². The molecule has 0 aliphatic heterocycles. The minimum absolute atomic E-state index is 0.0428. The molecule has 116 valence electrons. The van der Waals surface area contributed by atoms with Crippen LogP contribution in [0.3, 0.4) is 0 Å². The monoisotopic (exact) mass is 339 g/mol. The standard InChI is InChI=1S/C12H12F3NO3S2/c13-12(14,15)21-6-10(17)16-9-3-1-2-8(4-9)5-20-7-11(18)19/h1-4H,5-7H2,(H,16,17)(H,18,19). The van der Waals surface area contributed by atoms with Gasteiger partial charge in [0.25, 0.3) is 0 Å². The van der Waals surface area contributed by atoms with Crippen molar-refractivity contribution in [1.82, 2.24) is 0 Å². The Morgan fingerprint density at radius 1 is 1.24 bits per heavy atom. The molecule has 1 aromatic rings. The molecular weight excluding hydrogens is 327 g/mol. The third-order valence-corrected chi connectivity index (χ3v) is 3.79. The topological polar surface area (TPSA) is 66.4 Å². The molecule has 9 heteroatoms. The number of carbonyl (C=O) groups excluding carboxylic acids is 1. The number of benzene rings is 1. The lowest BCUT2D eigenvalue weighted by Crippen LogP contribution is -2.17. The second-order valence-electron chi connectivity index (χ2n) is 3.87. The van der Waals surface area contributed by atoms with Crippen LogP contribution in [0.5, 0.6) is 0 Å². The van der Waals surface area contributed by atoms with Gasteiger partial charge in [0.15, 0.2) is 0 Å². The summed E-state index contributed by atoms with van der Waals surface area (Å²) < 4.78 is 35.9. The average Bonchev–Trinajstić information content (AvgIpc) is 2.36. The van der Waals surface area contributed by atoms with E-state index < -0.39 is 34.9 Å². The maximum Gasteiger partial charge on any atom is 0.442 e. The van der Waals surface area contributed by atoms with E-state index >= 15 is 0 Å². The summed E-state index contributed by atoms with van der Waals surface area (Å²) in [5, 5.41) is 10.9. The number of carboxylic acid groups (broad SMARTS) is 1. The van der Waals surface area contributed by atoms with Gasteiger partial charge in [0.2, 0.25) is 5.91 Å². The quantitative estimate of drug-likeness (QED) is 0.799. The molecule has 1 rings (SSSR count). The third kappa shape index (κ3) is 8.51. The number of thioether (sulfide) groups is 2. The number of nitrogens with one attached hydrogen (secondary N) is 1. The molecule has 0 spiro atoms. The number of alkyl halides is 3. The minimum Gasteiger partial charge on any atom is -0.481 e. The zero-order chi connectivity index (χ0) is 15.9. The molecule has 1 amide bonds. The van der Waals surface area contributed by atoms with Gasteiger partial charge in [-0.2, -0.15) is 13.2 Å². The van der Waals surface area contributed by atoms with Crippen molar-refractivity contribution in [3.63, 3.8) is 0 Å². The van der Waals surface area contributed by atoms with Crippen LogP contribution in [0.1, 0.15) is 5.56 Å². The first-order valence-corrected chi connectivity index (χ1v) is 7.79. The Balaban J connectivity index is 2.48. The molecule has 0 fully saturated rings. The first-order chi connectivity index (χ1) is 9.76. The molecule has 0 aliphatic carbocycles. The van der Waals surface area contributed by atoms with Crippen LogP contribution in [0.4, 0.5) is 18.9 Å². The molecule has 2 N–H and O–H groups in total. The smallest absolute Gasteiger partial charge is 0.442 e. The highest BCUT2D eigenvalue weighted by Crippen LogP contribution is 2.30. The summed E-state index contributed by atoms with van der Waals surface area (Å²) >= 11 is 0.791. The van der Waals surface area contributed by atoms with Gasteiger partial charge >= 0.3 is 11.5 Å². The zero-order valence-electron chi connectivity index (χ0n) is 10.6. The number of rotatable bonds is 7. The van der Waals surface area contributed by atoms with Crippen molar-refractivity contribution in [3.05, 3.63) is 29.8 Å². The van der Waals surface area contributed by atoms with E-state index in [9.17, 15) is 22.8 Å².